The highest BCUT2D eigenvalue weighted by Gasteiger charge is 2.35. The molecule has 2 aliphatic rings. The van der Waals surface area contributed by atoms with E-state index in [-0.39, 0.29) is 11.9 Å². The van der Waals surface area contributed by atoms with E-state index in [1.165, 1.54) is 0 Å². The molecular weight excluding hydrogens is 379 g/mol. The summed E-state index contributed by atoms with van der Waals surface area (Å²) in [6.07, 6.45) is 1.82. The van der Waals surface area contributed by atoms with Crippen LogP contribution in [0.3, 0.4) is 0 Å². The van der Waals surface area contributed by atoms with Crippen LogP contribution in [0.1, 0.15) is 68.5 Å². The summed E-state index contributed by atoms with van der Waals surface area (Å²) in [5.41, 5.74) is 1.09. The highest BCUT2D eigenvalue weighted by atomic mass is 19.4. The summed E-state index contributed by atoms with van der Waals surface area (Å²) in [5, 5.41) is 3.98. The van der Waals surface area contributed by atoms with Crippen molar-refractivity contribution in [3.8, 4) is 11.4 Å². The fourth-order valence-electron chi connectivity index (χ4n) is 4.06. The zero-order chi connectivity index (χ0) is 20.6. The van der Waals surface area contributed by atoms with E-state index in [4.69, 9.17) is 4.52 Å². The third kappa shape index (κ3) is 4.33. The third-order valence-electron chi connectivity index (χ3n) is 5.99. The molecule has 1 saturated carbocycles. The van der Waals surface area contributed by atoms with Gasteiger partial charge in [0.05, 0.1) is 5.56 Å². The van der Waals surface area contributed by atoms with E-state index >= 15 is 0 Å². The zero-order valence-electron chi connectivity index (χ0n) is 16.6. The van der Waals surface area contributed by atoms with Crippen LogP contribution in [0.5, 0.6) is 0 Å². The third-order valence-corrected chi connectivity index (χ3v) is 5.99. The van der Waals surface area contributed by atoms with Gasteiger partial charge in [-0.2, -0.15) is 18.2 Å². The molecule has 1 aliphatic carbocycles. The molecule has 156 valence electrons. The number of hydrogen-bond donors (Lipinski definition) is 0. The minimum absolute atomic E-state index is 0.0522. The maximum absolute atomic E-state index is 13.6. The highest BCUT2D eigenvalue weighted by molar-refractivity contribution is 5.57. The first-order chi connectivity index (χ1) is 13.9. The van der Waals surface area contributed by atoms with Gasteiger partial charge in [-0.25, -0.2) is 0 Å². The molecule has 1 aromatic heterocycles. The van der Waals surface area contributed by atoms with Gasteiger partial charge in [0.25, 0.3) is 0 Å². The number of nitrogens with zero attached hydrogens (tertiary/aromatic N) is 3. The van der Waals surface area contributed by atoms with Crippen molar-refractivity contribution in [3.05, 3.63) is 47.5 Å². The van der Waals surface area contributed by atoms with Crippen LogP contribution < -0.4 is 0 Å². The van der Waals surface area contributed by atoms with Crippen molar-refractivity contribution in [2.24, 2.45) is 5.92 Å². The summed E-state index contributed by atoms with van der Waals surface area (Å²) in [5.74, 6) is 1.23. The fourth-order valence-corrected chi connectivity index (χ4v) is 4.06. The van der Waals surface area contributed by atoms with Gasteiger partial charge in [0.2, 0.25) is 11.7 Å². The second kappa shape index (κ2) is 7.84. The lowest BCUT2D eigenvalue weighted by Crippen LogP contribution is -2.22. The zero-order valence-corrected chi connectivity index (χ0v) is 16.6. The molecule has 2 heterocycles. The molecule has 29 heavy (non-hydrogen) atoms. The van der Waals surface area contributed by atoms with Crippen LogP contribution in [0.25, 0.3) is 11.4 Å². The van der Waals surface area contributed by atoms with E-state index < -0.39 is 11.7 Å². The molecule has 0 amide bonds. The summed E-state index contributed by atoms with van der Waals surface area (Å²) >= 11 is 0. The molecule has 1 saturated heterocycles. The van der Waals surface area contributed by atoms with Crippen LogP contribution >= 0.6 is 0 Å². The quantitative estimate of drug-likeness (QED) is 0.553. The fraction of sp³-hybridized carbons (Fsp3) is 0.545. The maximum atomic E-state index is 13.6. The van der Waals surface area contributed by atoms with Crippen LogP contribution in [-0.4, -0.2) is 21.6 Å². The lowest BCUT2D eigenvalue weighted by molar-refractivity contribution is -0.138. The van der Waals surface area contributed by atoms with Crippen molar-refractivity contribution in [2.75, 3.05) is 6.54 Å². The van der Waals surface area contributed by atoms with Gasteiger partial charge >= 0.3 is 6.18 Å². The normalized spacial score (nSPS) is 19.7. The minimum atomic E-state index is -4.40. The van der Waals surface area contributed by atoms with Crippen molar-refractivity contribution < 1.29 is 17.7 Å². The van der Waals surface area contributed by atoms with E-state index in [0.717, 1.165) is 56.8 Å². The average Bonchev–Trinajstić information content (AvgIpc) is 3.18. The number of halogens is 3. The molecule has 1 aromatic carbocycles. The lowest BCUT2D eigenvalue weighted by Gasteiger charge is -2.25. The Hall–Kier alpha value is -2.31. The maximum Gasteiger partial charge on any atom is 0.416 e. The van der Waals surface area contributed by atoms with Gasteiger partial charge in [-0.3, -0.25) is 0 Å². The molecule has 1 aliphatic heterocycles. The number of benzene rings is 1. The Labute approximate surface area is 168 Å². The number of allylic oxidation sites excluding steroid dienone is 1. The van der Waals surface area contributed by atoms with Gasteiger partial charge in [0, 0.05) is 17.8 Å². The van der Waals surface area contributed by atoms with Crippen molar-refractivity contribution in [1.82, 2.24) is 15.0 Å². The second-order valence-corrected chi connectivity index (χ2v) is 8.08. The van der Waals surface area contributed by atoms with Crippen LogP contribution in [0.15, 0.2) is 35.0 Å². The standard InChI is InChI=1S/C22H26F3N3O/c1-3-14(2)28-12-4-5-19(28)21-26-20(27-29-21)17-11-10-16(9-8-15-6-7-15)18(13-17)22(23,24)25/h10-11,13,15,19H,2-9,12H2,1H3/t19-/m0/s1. The molecule has 7 heteroatoms. The predicted octanol–water partition coefficient (Wildman–Crippen LogP) is 6.16. The van der Waals surface area contributed by atoms with Gasteiger partial charge < -0.3 is 9.42 Å². The Morgan fingerprint density at radius 2 is 2.07 bits per heavy atom. The molecular formula is C22H26F3N3O. The van der Waals surface area contributed by atoms with Crippen molar-refractivity contribution in [2.45, 2.75) is 64.1 Å². The summed E-state index contributed by atoms with van der Waals surface area (Å²) < 4.78 is 46.3. The number of aromatic nitrogens is 2. The SMILES string of the molecule is C=C(CC)N1CCC[C@H]1c1nc(-c2ccc(CCC3CC3)c(C(F)(F)F)c2)no1. The van der Waals surface area contributed by atoms with Crippen LogP contribution in [0, 0.1) is 5.92 Å². The largest absolute Gasteiger partial charge is 0.416 e. The van der Waals surface area contributed by atoms with E-state index in [0.29, 0.717) is 29.4 Å². The Morgan fingerprint density at radius 3 is 2.76 bits per heavy atom. The van der Waals surface area contributed by atoms with E-state index in [2.05, 4.69) is 21.6 Å². The molecule has 4 nitrogen and oxygen atoms in total. The monoisotopic (exact) mass is 405 g/mol. The molecule has 0 bridgehead atoms. The smallest absolute Gasteiger partial charge is 0.363 e. The molecule has 0 N–H and O–H groups in total. The Bertz CT molecular complexity index is 886. The van der Waals surface area contributed by atoms with Gasteiger partial charge in [0.15, 0.2) is 0 Å². The van der Waals surface area contributed by atoms with Gasteiger partial charge in [-0.15, -0.1) is 0 Å². The second-order valence-electron chi connectivity index (χ2n) is 8.08. The Balaban J connectivity index is 1.59. The van der Waals surface area contributed by atoms with Gasteiger partial charge in [0.1, 0.15) is 6.04 Å². The number of hydrogen-bond acceptors (Lipinski definition) is 4. The molecule has 0 spiro atoms. The molecule has 2 fully saturated rings. The average molecular weight is 405 g/mol. The van der Waals surface area contributed by atoms with Crippen LogP contribution in [-0.2, 0) is 12.6 Å². The van der Waals surface area contributed by atoms with Crippen molar-refractivity contribution in [1.29, 1.82) is 0 Å². The number of rotatable bonds is 7. The van der Waals surface area contributed by atoms with E-state index in [1.807, 2.05) is 6.92 Å². The van der Waals surface area contributed by atoms with E-state index in [9.17, 15) is 13.2 Å². The molecule has 0 unspecified atom stereocenters. The molecule has 2 aromatic rings. The number of aryl methyl sites for hydroxylation is 1. The van der Waals surface area contributed by atoms with Crippen LogP contribution in [0.4, 0.5) is 13.2 Å². The lowest BCUT2D eigenvalue weighted by atomic mass is 9.98. The van der Waals surface area contributed by atoms with Gasteiger partial charge in [-0.05, 0) is 49.7 Å². The molecule has 1 atom stereocenters. The molecule has 4 rings (SSSR count). The minimum Gasteiger partial charge on any atom is -0.363 e. The van der Waals surface area contributed by atoms with E-state index in [1.54, 1.807) is 12.1 Å². The molecule has 0 radical (unpaired) electrons. The first-order valence-corrected chi connectivity index (χ1v) is 10.3. The first kappa shape index (κ1) is 20.0. The summed E-state index contributed by atoms with van der Waals surface area (Å²) in [7, 11) is 0. The van der Waals surface area contributed by atoms with Crippen LogP contribution in [0.2, 0.25) is 0 Å². The number of likely N-dealkylation sites (tertiary alicyclic amines) is 1. The summed E-state index contributed by atoms with van der Waals surface area (Å²) in [6, 6.07) is 4.35. The topological polar surface area (TPSA) is 42.2 Å². The Morgan fingerprint density at radius 1 is 1.28 bits per heavy atom. The summed E-state index contributed by atoms with van der Waals surface area (Å²) in [4.78, 5) is 6.59. The van der Waals surface area contributed by atoms with Crippen molar-refractivity contribution >= 4 is 0 Å². The van der Waals surface area contributed by atoms with Gasteiger partial charge in [-0.1, -0.05) is 43.6 Å². The summed E-state index contributed by atoms with van der Waals surface area (Å²) in [6.45, 7) is 7.01. The first-order valence-electron chi connectivity index (χ1n) is 10.3. The number of alkyl halides is 3. The van der Waals surface area contributed by atoms with Crippen molar-refractivity contribution in [3.63, 3.8) is 0 Å². The predicted molar refractivity (Wildman–Crippen MR) is 104 cm³/mol. The highest BCUT2D eigenvalue weighted by Crippen LogP contribution is 2.39. The Kier molecular flexibility index (Phi) is 5.40.